The summed E-state index contributed by atoms with van der Waals surface area (Å²) in [6, 6.07) is 0. The van der Waals surface area contributed by atoms with E-state index in [0.717, 1.165) is 65.1 Å². The highest BCUT2D eigenvalue weighted by atomic mass is 14.5. The molecule has 4 fully saturated rings. The van der Waals surface area contributed by atoms with Gasteiger partial charge in [0.25, 0.3) is 0 Å². The molecule has 224 valence electrons. The zero-order valence-corrected chi connectivity index (χ0v) is 27.4. The first-order chi connectivity index (χ1) is 19.4. The average molecular weight is 545 g/mol. The highest BCUT2D eigenvalue weighted by molar-refractivity contribution is 6.11. The third kappa shape index (κ3) is 6.85. The van der Waals surface area contributed by atoms with Crippen molar-refractivity contribution in [3.05, 3.63) is 23.3 Å². The second-order valence-electron chi connectivity index (χ2n) is 16.0. The lowest BCUT2D eigenvalue weighted by Gasteiger charge is -2.47. The Balaban J connectivity index is 1.32. The molecular formula is C39H65B. The van der Waals surface area contributed by atoms with E-state index in [-0.39, 0.29) is 0 Å². The Morgan fingerprint density at radius 2 is 1.48 bits per heavy atom. The van der Waals surface area contributed by atoms with Crippen molar-refractivity contribution in [2.75, 3.05) is 0 Å². The van der Waals surface area contributed by atoms with Crippen LogP contribution in [0.25, 0.3) is 0 Å². The molecule has 0 heterocycles. The first-order valence-electron chi connectivity index (χ1n) is 18.6. The second kappa shape index (κ2) is 14.3. The van der Waals surface area contributed by atoms with Crippen LogP contribution in [0.3, 0.4) is 0 Å². The molecule has 0 aromatic heterocycles. The Morgan fingerprint density at radius 3 is 2.23 bits per heavy atom. The molecule has 2 radical (unpaired) electrons. The van der Waals surface area contributed by atoms with Gasteiger partial charge in [-0.25, -0.2) is 0 Å². The van der Waals surface area contributed by atoms with Crippen LogP contribution < -0.4 is 0 Å². The van der Waals surface area contributed by atoms with E-state index in [1.54, 1.807) is 0 Å². The summed E-state index contributed by atoms with van der Waals surface area (Å²) >= 11 is 0. The van der Waals surface area contributed by atoms with Gasteiger partial charge in [-0.3, -0.25) is 0 Å². The van der Waals surface area contributed by atoms with Gasteiger partial charge in [0, 0.05) is 0 Å². The monoisotopic (exact) mass is 545 g/mol. The molecule has 0 spiro atoms. The Hall–Kier alpha value is -0.455. The first kappa shape index (κ1) is 31.0. The molecule has 0 amide bonds. The minimum absolute atomic E-state index is 0.471. The molecule has 5 aliphatic carbocycles. The highest BCUT2D eigenvalue weighted by Crippen LogP contribution is 2.52. The van der Waals surface area contributed by atoms with Gasteiger partial charge in [-0.2, -0.15) is 0 Å². The van der Waals surface area contributed by atoms with Crippen molar-refractivity contribution in [1.29, 1.82) is 0 Å². The van der Waals surface area contributed by atoms with Gasteiger partial charge in [-0.05, 0) is 104 Å². The lowest BCUT2D eigenvalue weighted by Crippen LogP contribution is -2.37. The van der Waals surface area contributed by atoms with Crippen LogP contribution in [0.2, 0.25) is 5.82 Å². The van der Waals surface area contributed by atoms with Crippen molar-refractivity contribution in [2.45, 2.75) is 156 Å². The van der Waals surface area contributed by atoms with Gasteiger partial charge in [0.1, 0.15) is 0 Å². The fraction of sp³-hybridized carbons (Fsp3) is 0.897. The first-order valence-corrected chi connectivity index (χ1v) is 18.6. The average Bonchev–Trinajstić information content (AvgIpc) is 2.97. The molecule has 0 bridgehead atoms. The van der Waals surface area contributed by atoms with Crippen LogP contribution in [0.15, 0.2) is 23.3 Å². The molecule has 5 aliphatic rings. The SMILES string of the molecule is [B]C1CCCCC1C1CCCC(C2=CC=C(C(C)C3CCC(C)C(C4CCCC[C@@H]4C)C3)C(C)C2CCCC)C1. The van der Waals surface area contributed by atoms with E-state index in [9.17, 15) is 0 Å². The summed E-state index contributed by atoms with van der Waals surface area (Å²) in [7, 11) is 6.72. The van der Waals surface area contributed by atoms with Crippen molar-refractivity contribution in [3.63, 3.8) is 0 Å². The summed E-state index contributed by atoms with van der Waals surface area (Å²) in [4.78, 5) is 0. The molecule has 1 heteroatoms. The van der Waals surface area contributed by atoms with Gasteiger partial charge in [-0.15, -0.1) is 0 Å². The van der Waals surface area contributed by atoms with E-state index in [0.29, 0.717) is 5.82 Å². The molecule has 0 aliphatic heterocycles. The molecule has 40 heavy (non-hydrogen) atoms. The molecule has 5 rings (SSSR count). The Bertz CT molecular complexity index is 853. The molecule has 0 aromatic carbocycles. The van der Waals surface area contributed by atoms with Gasteiger partial charge < -0.3 is 0 Å². The molecule has 0 N–H and O–H groups in total. The number of allylic oxidation sites excluding steroid dienone is 4. The Kier molecular flexibility index (Phi) is 11.1. The van der Waals surface area contributed by atoms with E-state index in [1.165, 1.54) is 116 Å². The Labute approximate surface area is 251 Å². The van der Waals surface area contributed by atoms with E-state index in [2.05, 4.69) is 46.8 Å². The number of hydrogen-bond donors (Lipinski definition) is 0. The van der Waals surface area contributed by atoms with Gasteiger partial charge in [0.05, 0.1) is 7.85 Å². The van der Waals surface area contributed by atoms with Crippen LogP contribution in [-0.4, -0.2) is 7.85 Å². The molecule has 4 saturated carbocycles. The van der Waals surface area contributed by atoms with Crippen LogP contribution in [0.4, 0.5) is 0 Å². The van der Waals surface area contributed by atoms with Crippen LogP contribution >= 0.6 is 0 Å². The third-order valence-electron chi connectivity index (χ3n) is 13.8. The third-order valence-corrected chi connectivity index (χ3v) is 13.8. The van der Waals surface area contributed by atoms with Crippen LogP contribution in [0, 0.1) is 65.1 Å². The summed E-state index contributed by atoms with van der Waals surface area (Å²) in [5.74, 6) is 9.99. The van der Waals surface area contributed by atoms with Gasteiger partial charge in [-0.1, -0.05) is 141 Å². The Morgan fingerprint density at radius 1 is 0.750 bits per heavy atom. The van der Waals surface area contributed by atoms with Crippen molar-refractivity contribution >= 4 is 7.85 Å². The predicted molar refractivity (Wildman–Crippen MR) is 176 cm³/mol. The topological polar surface area (TPSA) is 0 Å². The summed E-state index contributed by atoms with van der Waals surface area (Å²) in [6.45, 7) is 12.9. The van der Waals surface area contributed by atoms with Crippen molar-refractivity contribution in [3.8, 4) is 0 Å². The van der Waals surface area contributed by atoms with Crippen molar-refractivity contribution in [1.82, 2.24) is 0 Å². The molecule has 0 nitrogen and oxygen atoms in total. The van der Waals surface area contributed by atoms with Crippen LogP contribution in [-0.2, 0) is 0 Å². The number of hydrogen-bond acceptors (Lipinski definition) is 0. The number of rotatable bonds is 8. The largest absolute Gasteiger partial charge is 0.0743 e. The maximum absolute atomic E-state index is 6.72. The molecule has 0 saturated heterocycles. The zero-order valence-electron chi connectivity index (χ0n) is 27.4. The van der Waals surface area contributed by atoms with E-state index < -0.39 is 0 Å². The number of unbranched alkanes of at least 4 members (excludes halogenated alkanes) is 1. The summed E-state index contributed by atoms with van der Waals surface area (Å²) in [5.41, 5.74) is 3.68. The van der Waals surface area contributed by atoms with E-state index in [1.807, 2.05) is 11.1 Å². The maximum Gasteiger partial charge on any atom is 0.0703 e. The zero-order chi connectivity index (χ0) is 28.2. The fourth-order valence-electron chi connectivity index (χ4n) is 11.2. The minimum Gasteiger partial charge on any atom is -0.0743 e. The predicted octanol–water partition coefficient (Wildman–Crippen LogP) is 11.8. The van der Waals surface area contributed by atoms with E-state index in [4.69, 9.17) is 7.85 Å². The van der Waals surface area contributed by atoms with E-state index >= 15 is 0 Å². The quantitative estimate of drug-likeness (QED) is 0.267. The van der Waals surface area contributed by atoms with Crippen molar-refractivity contribution in [2.24, 2.45) is 65.1 Å². The second-order valence-corrected chi connectivity index (χ2v) is 16.0. The van der Waals surface area contributed by atoms with Crippen LogP contribution in [0.5, 0.6) is 0 Å². The molecule has 0 aromatic rings. The molecule has 11 unspecified atom stereocenters. The lowest BCUT2D eigenvalue weighted by molar-refractivity contribution is 0.0602. The summed E-state index contributed by atoms with van der Waals surface area (Å²) < 4.78 is 0. The maximum atomic E-state index is 6.72. The van der Waals surface area contributed by atoms with Gasteiger partial charge in [0.2, 0.25) is 0 Å². The molecule has 12 atom stereocenters. The summed E-state index contributed by atoms with van der Waals surface area (Å²) in [5, 5.41) is 0. The normalized spacial score (nSPS) is 44.0. The van der Waals surface area contributed by atoms with Crippen molar-refractivity contribution < 1.29 is 0 Å². The minimum atomic E-state index is 0.471. The van der Waals surface area contributed by atoms with Crippen LogP contribution in [0.1, 0.15) is 150 Å². The fourth-order valence-corrected chi connectivity index (χ4v) is 11.2. The smallest absolute Gasteiger partial charge is 0.0703 e. The van der Waals surface area contributed by atoms with Gasteiger partial charge >= 0.3 is 0 Å². The standard InChI is InChI=1S/C39H65B/c1-6-7-16-35-29(5)34(28(4)30-21-20-27(3)38(25-30)33-17-9-8-13-26(33)2)22-23-36(35)31-14-12-15-32(24-31)37-18-10-11-19-39(37)40/h22-23,26-33,35,37-39H,6-21,24-25H2,1-5H3/t26-,27?,28?,29?,30?,31?,32?,33?,35?,37?,38?,39?/m0/s1. The summed E-state index contributed by atoms with van der Waals surface area (Å²) in [6.07, 6.45) is 31.1. The van der Waals surface area contributed by atoms with Gasteiger partial charge in [0.15, 0.2) is 0 Å². The lowest BCUT2D eigenvalue weighted by atomic mass is 9.57. The highest BCUT2D eigenvalue weighted by Gasteiger charge is 2.42. The molecular weight excluding hydrogens is 479 g/mol.